The minimum Gasteiger partial charge on any atom is -0.378 e. The lowest BCUT2D eigenvalue weighted by molar-refractivity contribution is -0.122. The number of halogens is 1. The first kappa shape index (κ1) is 13.5. The molecule has 0 atom stereocenters. The molecule has 0 saturated carbocycles. The van der Waals surface area contributed by atoms with Gasteiger partial charge in [0.2, 0.25) is 0 Å². The van der Waals surface area contributed by atoms with Crippen LogP contribution in [0, 0.1) is 0 Å². The van der Waals surface area contributed by atoms with E-state index in [-0.39, 0.29) is 5.91 Å². The van der Waals surface area contributed by atoms with Crippen LogP contribution in [0.15, 0.2) is 30.0 Å². The number of hydrogen-bond donors (Lipinski definition) is 0. The van der Waals surface area contributed by atoms with Crippen LogP contribution >= 0.6 is 11.6 Å². The van der Waals surface area contributed by atoms with Gasteiger partial charge >= 0.3 is 0 Å². The normalized spacial score (nSPS) is 20.0. The second-order valence-electron chi connectivity index (χ2n) is 5.09. The van der Waals surface area contributed by atoms with Crippen molar-refractivity contribution >= 4 is 23.1 Å². The molecule has 106 valence electrons. The molecule has 0 spiro atoms. The third kappa shape index (κ3) is 2.41. The molecule has 4 nitrogen and oxygen atoms in total. The number of hydrogen-bond acceptors (Lipinski definition) is 3. The molecule has 2 aliphatic rings. The molecule has 2 aliphatic heterocycles. The van der Waals surface area contributed by atoms with Gasteiger partial charge in [0.25, 0.3) is 5.91 Å². The highest BCUT2D eigenvalue weighted by Crippen LogP contribution is 2.30. The minimum absolute atomic E-state index is 0.0776. The van der Waals surface area contributed by atoms with E-state index in [2.05, 4.69) is 4.90 Å². The molecule has 0 unspecified atom stereocenters. The molecule has 2 heterocycles. The molecule has 0 aliphatic carbocycles. The van der Waals surface area contributed by atoms with Crippen molar-refractivity contribution in [2.24, 2.45) is 0 Å². The van der Waals surface area contributed by atoms with Crippen LogP contribution in [0.2, 0.25) is 5.02 Å². The highest BCUT2D eigenvalue weighted by molar-refractivity contribution is 6.30. The van der Waals surface area contributed by atoms with Crippen molar-refractivity contribution in [1.82, 2.24) is 9.80 Å². The Hall–Kier alpha value is -1.52. The van der Waals surface area contributed by atoms with Gasteiger partial charge in [-0.05, 0) is 17.7 Å². The average Bonchev–Trinajstić information content (AvgIpc) is 2.77. The highest BCUT2D eigenvalue weighted by atomic mass is 35.5. The summed E-state index contributed by atoms with van der Waals surface area (Å²) in [5, 5.41) is 0.682. The maximum Gasteiger partial charge on any atom is 0.256 e. The van der Waals surface area contributed by atoms with Gasteiger partial charge in [-0.25, -0.2) is 0 Å². The SMILES string of the molecule is CN1CC(N2CCOCC2)=C(c2ccc(Cl)cc2)C1=O. The molecule has 3 rings (SSSR count). The van der Waals surface area contributed by atoms with Gasteiger partial charge in [0, 0.05) is 30.9 Å². The highest BCUT2D eigenvalue weighted by Gasteiger charge is 2.32. The molecule has 1 saturated heterocycles. The summed E-state index contributed by atoms with van der Waals surface area (Å²) in [5.41, 5.74) is 2.83. The van der Waals surface area contributed by atoms with E-state index in [9.17, 15) is 4.79 Å². The summed E-state index contributed by atoms with van der Waals surface area (Å²) in [7, 11) is 1.84. The predicted molar refractivity (Wildman–Crippen MR) is 78.4 cm³/mol. The second kappa shape index (κ2) is 5.46. The topological polar surface area (TPSA) is 32.8 Å². The summed E-state index contributed by atoms with van der Waals surface area (Å²) >= 11 is 5.93. The Morgan fingerprint density at radius 2 is 1.80 bits per heavy atom. The number of rotatable bonds is 2. The summed E-state index contributed by atoms with van der Waals surface area (Å²) in [5.74, 6) is 0.0776. The number of morpholine rings is 1. The van der Waals surface area contributed by atoms with Gasteiger partial charge in [-0.1, -0.05) is 23.7 Å². The average molecular weight is 293 g/mol. The molecule has 1 aromatic carbocycles. The van der Waals surface area contributed by atoms with Crippen LogP contribution in [0.1, 0.15) is 5.56 Å². The van der Waals surface area contributed by atoms with Crippen LogP contribution in [0.5, 0.6) is 0 Å². The molecule has 1 fully saturated rings. The number of ether oxygens (including phenoxy) is 1. The van der Waals surface area contributed by atoms with E-state index in [1.54, 1.807) is 4.90 Å². The molecular weight excluding hydrogens is 276 g/mol. The standard InChI is InChI=1S/C15H17ClN2O2/c1-17-10-13(18-6-8-20-9-7-18)14(15(17)19)11-2-4-12(16)5-3-11/h2-5H,6-10H2,1H3. The van der Waals surface area contributed by atoms with Crippen molar-refractivity contribution in [2.45, 2.75) is 0 Å². The van der Waals surface area contributed by atoms with Crippen LogP contribution in [0.4, 0.5) is 0 Å². The first-order valence-corrected chi connectivity index (χ1v) is 7.12. The quantitative estimate of drug-likeness (QED) is 0.834. The monoisotopic (exact) mass is 292 g/mol. The Labute approximate surface area is 123 Å². The van der Waals surface area contributed by atoms with Gasteiger partial charge in [0.15, 0.2) is 0 Å². The zero-order valence-corrected chi connectivity index (χ0v) is 12.2. The van der Waals surface area contributed by atoms with Gasteiger partial charge in [0.05, 0.1) is 25.3 Å². The number of nitrogens with zero attached hydrogens (tertiary/aromatic N) is 2. The molecule has 0 radical (unpaired) electrons. The fourth-order valence-electron chi connectivity index (χ4n) is 2.69. The summed E-state index contributed by atoms with van der Waals surface area (Å²) in [4.78, 5) is 16.4. The summed E-state index contributed by atoms with van der Waals surface area (Å²) in [6.07, 6.45) is 0. The Balaban J connectivity index is 2.00. The second-order valence-corrected chi connectivity index (χ2v) is 5.53. The molecule has 0 N–H and O–H groups in total. The number of carbonyl (C=O) groups excluding carboxylic acids is 1. The summed E-state index contributed by atoms with van der Waals surface area (Å²) < 4.78 is 5.39. The van der Waals surface area contributed by atoms with Gasteiger partial charge in [-0.2, -0.15) is 0 Å². The van der Waals surface area contributed by atoms with Crippen LogP contribution in [-0.2, 0) is 9.53 Å². The Morgan fingerprint density at radius 3 is 2.45 bits per heavy atom. The van der Waals surface area contributed by atoms with Crippen molar-refractivity contribution in [3.8, 4) is 0 Å². The fourth-order valence-corrected chi connectivity index (χ4v) is 2.81. The van der Waals surface area contributed by atoms with E-state index in [1.807, 2.05) is 31.3 Å². The van der Waals surface area contributed by atoms with Crippen molar-refractivity contribution in [1.29, 1.82) is 0 Å². The number of benzene rings is 1. The lowest BCUT2D eigenvalue weighted by atomic mass is 10.0. The van der Waals surface area contributed by atoms with Crippen molar-refractivity contribution in [3.63, 3.8) is 0 Å². The minimum atomic E-state index is 0.0776. The maximum atomic E-state index is 12.4. The van der Waals surface area contributed by atoms with Crippen LogP contribution in [-0.4, -0.2) is 55.6 Å². The molecular formula is C15H17ClN2O2. The molecule has 0 aromatic heterocycles. The van der Waals surface area contributed by atoms with E-state index in [1.165, 1.54) is 0 Å². The Kier molecular flexibility index (Phi) is 3.68. The molecule has 1 aromatic rings. The molecule has 20 heavy (non-hydrogen) atoms. The van der Waals surface area contributed by atoms with Gasteiger partial charge in [0.1, 0.15) is 0 Å². The van der Waals surface area contributed by atoms with Crippen LogP contribution in [0.25, 0.3) is 5.57 Å². The fraction of sp³-hybridized carbons (Fsp3) is 0.400. The van der Waals surface area contributed by atoms with Gasteiger partial charge in [-0.15, -0.1) is 0 Å². The molecule has 5 heteroatoms. The predicted octanol–water partition coefficient (Wildman–Crippen LogP) is 1.86. The van der Waals surface area contributed by atoms with Crippen molar-refractivity contribution in [2.75, 3.05) is 39.9 Å². The number of carbonyl (C=O) groups is 1. The lowest BCUT2D eigenvalue weighted by Crippen LogP contribution is -2.37. The first-order chi connectivity index (χ1) is 9.66. The zero-order chi connectivity index (χ0) is 14.1. The first-order valence-electron chi connectivity index (χ1n) is 6.74. The largest absolute Gasteiger partial charge is 0.378 e. The van der Waals surface area contributed by atoms with Crippen molar-refractivity contribution in [3.05, 3.63) is 40.5 Å². The Bertz CT molecular complexity index is 547. The van der Waals surface area contributed by atoms with E-state index in [0.29, 0.717) is 11.6 Å². The Morgan fingerprint density at radius 1 is 1.15 bits per heavy atom. The lowest BCUT2D eigenvalue weighted by Gasteiger charge is -2.30. The molecule has 1 amide bonds. The maximum absolute atomic E-state index is 12.4. The summed E-state index contributed by atoms with van der Waals surface area (Å²) in [6.45, 7) is 3.78. The third-order valence-electron chi connectivity index (χ3n) is 3.76. The van der Waals surface area contributed by atoms with E-state index >= 15 is 0 Å². The zero-order valence-electron chi connectivity index (χ0n) is 11.4. The van der Waals surface area contributed by atoms with Crippen LogP contribution in [0.3, 0.4) is 0 Å². The smallest absolute Gasteiger partial charge is 0.256 e. The number of amides is 1. The third-order valence-corrected chi connectivity index (χ3v) is 4.01. The van der Waals surface area contributed by atoms with Crippen molar-refractivity contribution < 1.29 is 9.53 Å². The number of likely N-dealkylation sites (N-methyl/N-ethyl adjacent to an activating group) is 1. The van der Waals surface area contributed by atoms with E-state index < -0.39 is 0 Å². The van der Waals surface area contributed by atoms with E-state index in [0.717, 1.165) is 43.1 Å². The van der Waals surface area contributed by atoms with Gasteiger partial charge in [-0.3, -0.25) is 4.79 Å². The van der Waals surface area contributed by atoms with E-state index in [4.69, 9.17) is 16.3 Å². The van der Waals surface area contributed by atoms with Gasteiger partial charge < -0.3 is 14.5 Å². The molecule has 0 bridgehead atoms. The summed E-state index contributed by atoms with van der Waals surface area (Å²) in [6, 6.07) is 7.48. The van der Waals surface area contributed by atoms with Crippen LogP contribution < -0.4 is 0 Å².